The molecule has 1 aliphatic carbocycles. The Balaban J connectivity index is 1.36. The van der Waals surface area contributed by atoms with E-state index in [0.717, 1.165) is 48.8 Å². The van der Waals surface area contributed by atoms with Gasteiger partial charge in [0.05, 0.1) is 24.9 Å². The van der Waals surface area contributed by atoms with Crippen LogP contribution in [0.15, 0.2) is 54.7 Å². The van der Waals surface area contributed by atoms with Crippen LogP contribution < -0.4 is 9.47 Å². The van der Waals surface area contributed by atoms with Crippen molar-refractivity contribution in [2.45, 2.75) is 84.5 Å². The summed E-state index contributed by atoms with van der Waals surface area (Å²) in [4.78, 5) is 16.1. The van der Waals surface area contributed by atoms with Gasteiger partial charge in [-0.3, -0.25) is 9.78 Å². The standard InChI is InChI=1S/C34H40FNO5/c1-34(2,3)19-25-16-27(40-21-22-7-6-8-24(15-22)28(18-31(37)38)23-10-11-23)20-36-33(25)29-17-26(12-13-30(29)35)41-32-9-4-5-14-39-32/h6-8,12-13,15-17,20,23,28,32H,4-5,9-11,14,18-19,21H2,1-3H3,(H,37,38). The second-order valence-corrected chi connectivity index (χ2v) is 12.5. The number of hydrogen-bond acceptors (Lipinski definition) is 5. The molecule has 0 radical (unpaired) electrons. The second kappa shape index (κ2) is 12.6. The molecule has 41 heavy (non-hydrogen) atoms. The van der Waals surface area contributed by atoms with E-state index in [1.165, 1.54) is 6.07 Å². The molecule has 2 unspecified atom stereocenters. The largest absolute Gasteiger partial charge is 0.487 e. The minimum absolute atomic E-state index is 0.0334. The predicted molar refractivity (Wildman–Crippen MR) is 156 cm³/mol. The number of rotatable bonds is 11. The van der Waals surface area contributed by atoms with E-state index in [-0.39, 0.29) is 29.9 Å². The van der Waals surface area contributed by atoms with Crippen LogP contribution in [-0.2, 0) is 22.6 Å². The lowest BCUT2D eigenvalue weighted by Gasteiger charge is -2.24. The molecule has 2 aliphatic rings. The molecule has 1 saturated carbocycles. The van der Waals surface area contributed by atoms with Gasteiger partial charge in [-0.2, -0.15) is 0 Å². The van der Waals surface area contributed by atoms with Crippen LogP contribution >= 0.6 is 0 Å². The van der Waals surface area contributed by atoms with Crippen molar-refractivity contribution in [3.05, 3.63) is 77.2 Å². The Bertz CT molecular complexity index is 1360. The molecule has 2 aromatic carbocycles. The van der Waals surface area contributed by atoms with E-state index >= 15 is 4.39 Å². The molecule has 2 fully saturated rings. The van der Waals surface area contributed by atoms with Crippen molar-refractivity contribution in [2.24, 2.45) is 11.3 Å². The quantitative estimate of drug-likeness (QED) is 0.256. The zero-order valence-electron chi connectivity index (χ0n) is 24.2. The van der Waals surface area contributed by atoms with Crippen molar-refractivity contribution in [2.75, 3.05) is 6.61 Å². The minimum Gasteiger partial charge on any atom is -0.487 e. The average molecular weight is 562 g/mol. The Kier molecular flexibility index (Phi) is 8.93. The predicted octanol–water partition coefficient (Wildman–Crippen LogP) is 7.93. The fraction of sp³-hybridized carbons (Fsp3) is 0.471. The van der Waals surface area contributed by atoms with E-state index in [9.17, 15) is 9.90 Å². The molecule has 1 aromatic heterocycles. The van der Waals surface area contributed by atoms with Crippen molar-refractivity contribution in [3.63, 3.8) is 0 Å². The molecule has 0 amide bonds. The Morgan fingerprint density at radius 3 is 2.63 bits per heavy atom. The van der Waals surface area contributed by atoms with Gasteiger partial charge in [-0.1, -0.05) is 45.0 Å². The molecule has 218 valence electrons. The topological polar surface area (TPSA) is 77.9 Å². The summed E-state index contributed by atoms with van der Waals surface area (Å²) in [5.41, 5.74) is 3.81. The molecule has 6 nitrogen and oxygen atoms in total. The SMILES string of the molecule is CC(C)(C)Cc1cc(OCc2cccc(C(CC(=O)O)C3CC3)c2)cnc1-c1cc(OC2CCCCO2)ccc1F. The average Bonchev–Trinajstić information content (AvgIpc) is 3.77. The maximum Gasteiger partial charge on any atom is 0.303 e. The smallest absolute Gasteiger partial charge is 0.303 e. The molecular weight excluding hydrogens is 521 g/mol. The highest BCUT2D eigenvalue weighted by Crippen LogP contribution is 2.44. The molecule has 0 bridgehead atoms. The third-order valence-electron chi connectivity index (χ3n) is 7.63. The van der Waals surface area contributed by atoms with Gasteiger partial charge in [-0.05, 0) is 90.3 Å². The van der Waals surface area contributed by atoms with E-state index in [0.29, 0.717) is 48.3 Å². The summed E-state index contributed by atoms with van der Waals surface area (Å²) in [5, 5.41) is 9.39. The maximum atomic E-state index is 15.2. The first-order chi connectivity index (χ1) is 19.6. The number of hydrogen-bond donors (Lipinski definition) is 1. The minimum atomic E-state index is -0.767. The third kappa shape index (κ3) is 8.07. The monoisotopic (exact) mass is 561 g/mol. The third-order valence-corrected chi connectivity index (χ3v) is 7.63. The zero-order chi connectivity index (χ0) is 29.0. The van der Waals surface area contributed by atoms with Crippen LogP contribution in [0.3, 0.4) is 0 Å². The summed E-state index contributed by atoms with van der Waals surface area (Å²) in [7, 11) is 0. The Labute approximate surface area is 241 Å². The molecule has 0 spiro atoms. The summed E-state index contributed by atoms with van der Waals surface area (Å²) in [6.45, 7) is 7.41. The summed E-state index contributed by atoms with van der Waals surface area (Å²) in [6.07, 6.45) is 7.20. The Hall–Kier alpha value is -3.45. The van der Waals surface area contributed by atoms with E-state index in [1.54, 1.807) is 18.3 Å². The maximum absolute atomic E-state index is 15.2. The van der Waals surface area contributed by atoms with E-state index < -0.39 is 5.97 Å². The van der Waals surface area contributed by atoms with Crippen LogP contribution in [-0.4, -0.2) is 29.0 Å². The van der Waals surface area contributed by atoms with Crippen molar-refractivity contribution in [1.29, 1.82) is 0 Å². The Morgan fingerprint density at radius 2 is 1.93 bits per heavy atom. The highest BCUT2D eigenvalue weighted by molar-refractivity contribution is 5.68. The number of aliphatic carboxylic acids is 1. The van der Waals surface area contributed by atoms with Crippen LogP contribution in [0.2, 0.25) is 0 Å². The highest BCUT2D eigenvalue weighted by Gasteiger charge is 2.33. The van der Waals surface area contributed by atoms with E-state index in [4.69, 9.17) is 14.2 Å². The number of benzene rings is 2. The van der Waals surface area contributed by atoms with Crippen LogP contribution in [0.4, 0.5) is 4.39 Å². The lowest BCUT2D eigenvalue weighted by atomic mass is 9.86. The van der Waals surface area contributed by atoms with Gasteiger partial charge in [0.15, 0.2) is 6.29 Å². The van der Waals surface area contributed by atoms with Crippen LogP contribution in [0.1, 0.15) is 81.9 Å². The fourth-order valence-electron chi connectivity index (χ4n) is 5.55. The van der Waals surface area contributed by atoms with Gasteiger partial charge in [0, 0.05) is 12.0 Å². The van der Waals surface area contributed by atoms with Gasteiger partial charge in [-0.25, -0.2) is 4.39 Å². The first-order valence-electron chi connectivity index (χ1n) is 14.7. The zero-order valence-corrected chi connectivity index (χ0v) is 24.2. The highest BCUT2D eigenvalue weighted by atomic mass is 19.1. The van der Waals surface area contributed by atoms with Gasteiger partial charge >= 0.3 is 5.97 Å². The lowest BCUT2D eigenvalue weighted by Crippen LogP contribution is -2.25. The Morgan fingerprint density at radius 1 is 1.10 bits per heavy atom. The normalized spacial score (nSPS) is 18.1. The van der Waals surface area contributed by atoms with Crippen molar-refractivity contribution in [1.82, 2.24) is 4.98 Å². The first-order valence-corrected chi connectivity index (χ1v) is 14.7. The number of pyridine rings is 1. The van der Waals surface area contributed by atoms with E-state index in [2.05, 4.69) is 31.8 Å². The molecule has 1 aliphatic heterocycles. The summed E-state index contributed by atoms with van der Waals surface area (Å²) in [6, 6.07) is 14.7. The molecule has 3 aromatic rings. The molecule has 1 saturated heterocycles. The van der Waals surface area contributed by atoms with Gasteiger partial charge in [-0.15, -0.1) is 0 Å². The number of carboxylic acid groups (broad SMARTS) is 1. The van der Waals surface area contributed by atoms with Gasteiger partial charge < -0.3 is 19.3 Å². The number of nitrogens with zero attached hydrogens (tertiary/aromatic N) is 1. The van der Waals surface area contributed by atoms with Crippen LogP contribution in [0.5, 0.6) is 11.5 Å². The number of ether oxygens (including phenoxy) is 3. The molecular formula is C34H40FNO5. The molecule has 1 N–H and O–H groups in total. The summed E-state index contributed by atoms with van der Waals surface area (Å²) < 4.78 is 33.1. The number of aromatic nitrogens is 1. The molecule has 2 heterocycles. The number of halogens is 1. The van der Waals surface area contributed by atoms with Crippen molar-refractivity contribution < 1.29 is 28.5 Å². The second-order valence-electron chi connectivity index (χ2n) is 12.5. The summed E-state index contributed by atoms with van der Waals surface area (Å²) in [5.74, 6) is 0.513. The molecule has 2 atom stereocenters. The fourth-order valence-corrected chi connectivity index (χ4v) is 5.55. The van der Waals surface area contributed by atoms with Crippen LogP contribution in [0, 0.1) is 17.2 Å². The van der Waals surface area contributed by atoms with Gasteiger partial charge in [0.1, 0.15) is 23.9 Å². The summed E-state index contributed by atoms with van der Waals surface area (Å²) >= 11 is 0. The van der Waals surface area contributed by atoms with Gasteiger partial charge in [0.2, 0.25) is 0 Å². The lowest BCUT2D eigenvalue weighted by molar-refractivity contribution is -0.137. The van der Waals surface area contributed by atoms with Crippen LogP contribution in [0.25, 0.3) is 11.3 Å². The number of carboxylic acids is 1. The molecule has 7 heteroatoms. The van der Waals surface area contributed by atoms with Crippen molar-refractivity contribution in [3.8, 4) is 22.8 Å². The molecule has 5 rings (SSSR count). The first kappa shape index (κ1) is 29.1. The number of carbonyl (C=O) groups is 1. The van der Waals surface area contributed by atoms with E-state index in [1.807, 2.05) is 24.3 Å². The van der Waals surface area contributed by atoms with Gasteiger partial charge in [0.25, 0.3) is 0 Å². The van der Waals surface area contributed by atoms with Crippen molar-refractivity contribution >= 4 is 5.97 Å².